The fourth-order valence-corrected chi connectivity index (χ4v) is 5.26. The van der Waals surface area contributed by atoms with Crippen molar-refractivity contribution in [1.82, 2.24) is 25.3 Å². The monoisotopic (exact) mass is 521 g/mol. The number of hydrogen-bond acceptors (Lipinski definition) is 8. The number of anilines is 2. The molecule has 10 nitrogen and oxygen atoms in total. The highest BCUT2D eigenvalue weighted by Gasteiger charge is 2.26. The average Bonchev–Trinajstić information content (AvgIpc) is 3.34. The van der Waals surface area contributed by atoms with Crippen LogP contribution >= 0.6 is 11.3 Å². The van der Waals surface area contributed by atoms with Gasteiger partial charge in [0.15, 0.2) is 10.9 Å². The molecule has 0 saturated carbocycles. The Balaban J connectivity index is 1.51. The molecule has 0 radical (unpaired) electrons. The van der Waals surface area contributed by atoms with Gasteiger partial charge in [0.25, 0.3) is 0 Å². The van der Waals surface area contributed by atoms with Gasteiger partial charge in [0.05, 0.1) is 16.3 Å². The second kappa shape index (κ2) is 10.4. The average molecular weight is 522 g/mol. The van der Waals surface area contributed by atoms with Crippen LogP contribution in [0.3, 0.4) is 0 Å². The number of amides is 2. The third-order valence-electron chi connectivity index (χ3n) is 6.18. The quantitative estimate of drug-likeness (QED) is 0.340. The first-order valence-electron chi connectivity index (χ1n) is 11.8. The number of aliphatic carboxylic acids is 1. The molecule has 2 amide bonds. The van der Waals surface area contributed by atoms with Crippen LogP contribution in [0.25, 0.3) is 32.6 Å². The van der Waals surface area contributed by atoms with E-state index in [2.05, 4.69) is 30.6 Å². The molecular formula is C25H24FN7O3S. The number of carbonyl (C=O) groups is 2. The lowest BCUT2D eigenvalue weighted by Crippen LogP contribution is -2.37. The molecule has 0 unspecified atom stereocenters. The van der Waals surface area contributed by atoms with E-state index in [0.717, 1.165) is 0 Å². The Labute approximate surface area is 215 Å². The molecule has 5 rings (SSSR count). The molecule has 0 bridgehead atoms. The number of rotatable bonds is 6. The number of benzene rings is 1. The van der Waals surface area contributed by atoms with Gasteiger partial charge in [-0.25, -0.2) is 24.1 Å². The van der Waals surface area contributed by atoms with Gasteiger partial charge in [0.1, 0.15) is 5.52 Å². The largest absolute Gasteiger partial charge is 0.481 e. The third-order valence-corrected chi connectivity index (χ3v) is 7.18. The maximum atomic E-state index is 15.8. The van der Waals surface area contributed by atoms with Crippen LogP contribution in [0.2, 0.25) is 0 Å². The number of halogens is 1. The summed E-state index contributed by atoms with van der Waals surface area (Å²) >= 11 is 1.17. The molecular weight excluding hydrogens is 497 g/mol. The van der Waals surface area contributed by atoms with Crippen molar-refractivity contribution in [2.75, 3.05) is 29.9 Å². The summed E-state index contributed by atoms with van der Waals surface area (Å²) in [4.78, 5) is 42.9. The van der Waals surface area contributed by atoms with Crippen LogP contribution in [-0.4, -0.2) is 56.7 Å². The second-order valence-electron chi connectivity index (χ2n) is 8.55. The summed E-state index contributed by atoms with van der Waals surface area (Å²) in [5.74, 6) is -1.21. The van der Waals surface area contributed by atoms with E-state index in [-0.39, 0.29) is 22.1 Å². The van der Waals surface area contributed by atoms with E-state index in [1.807, 2.05) is 17.0 Å². The Morgan fingerprint density at radius 1 is 1.16 bits per heavy atom. The molecule has 0 spiro atoms. The van der Waals surface area contributed by atoms with Gasteiger partial charge in [-0.15, -0.1) is 0 Å². The molecule has 3 aromatic heterocycles. The number of piperidine rings is 1. The zero-order chi connectivity index (χ0) is 25.9. The molecule has 1 saturated heterocycles. The fourth-order valence-electron chi connectivity index (χ4n) is 4.28. The molecule has 1 aliphatic heterocycles. The van der Waals surface area contributed by atoms with Crippen molar-refractivity contribution in [2.45, 2.75) is 19.8 Å². The van der Waals surface area contributed by atoms with Crippen molar-refractivity contribution in [2.24, 2.45) is 5.92 Å². The van der Waals surface area contributed by atoms with E-state index < -0.39 is 17.8 Å². The van der Waals surface area contributed by atoms with Crippen molar-refractivity contribution in [3.63, 3.8) is 0 Å². The summed E-state index contributed by atoms with van der Waals surface area (Å²) in [7, 11) is 0. The lowest BCUT2D eigenvalue weighted by molar-refractivity contribution is -0.142. The Bertz CT molecular complexity index is 1440. The zero-order valence-corrected chi connectivity index (χ0v) is 20.8. The van der Waals surface area contributed by atoms with Gasteiger partial charge >= 0.3 is 12.0 Å². The topological polar surface area (TPSA) is 133 Å². The van der Waals surface area contributed by atoms with E-state index in [1.54, 1.807) is 37.6 Å². The third kappa shape index (κ3) is 5.05. The summed E-state index contributed by atoms with van der Waals surface area (Å²) < 4.78 is 16.4. The van der Waals surface area contributed by atoms with Crippen LogP contribution in [-0.2, 0) is 4.79 Å². The van der Waals surface area contributed by atoms with E-state index in [1.165, 1.54) is 11.3 Å². The first kappa shape index (κ1) is 24.5. The minimum atomic E-state index is -0.781. The molecule has 4 heterocycles. The predicted molar refractivity (Wildman–Crippen MR) is 139 cm³/mol. The molecule has 1 aliphatic rings. The Morgan fingerprint density at radius 3 is 2.57 bits per heavy atom. The molecule has 1 fully saturated rings. The zero-order valence-electron chi connectivity index (χ0n) is 19.9. The lowest BCUT2D eigenvalue weighted by atomic mass is 9.97. The highest BCUT2D eigenvalue weighted by molar-refractivity contribution is 7.22. The maximum Gasteiger partial charge on any atom is 0.321 e. The van der Waals surface area contributed by atoms with Gasteiger partial charge in [-0.3, -0.25) is 15.1 Å². The van der Waals surface area contributed by atoms with Crippen LogP contribution in [0, 0.1) is 11.7 Å². The predicted octanol–water partition coefficient (Wildman–Crippen LogP) is 4.40. The molecule has 190 valence electrons. The molecule has 3 N–H and O–H groups in total. The van der Waals surface area contributed by atoms with Crippen LogP contribution in [0.1, 0.15) is 19.8 Å². The summed E-state index contributed by atoms with van der Waals surface area (Å²) in [5.41, 5.74) is 2.16. The van der Waals surface area contributed by atoms with Crippen molar-refractivity contribution < 1.29 is 19.1 Å². The number of thiazole rings is 1. The highest BCUT2D eigenvalue weighted by atomic mass is 32.1. The maximum absolute atomic E-state index is 15.8. The van der Waals surface area contributed by atoms with Crippen LogP contribution in [0.4, 0.5) is 20.3 Å². The minimum Gasteiger partial charge on any atom is -0.481 e. The highest BCUT2D eigenvalue weighted by Crippen LogP contribution is 2.40. The molecule has 4 aromatic rings. The second-order valence-corrected chi connectivity index (χ2v) is 9.55. The molecule has 1 aromatic carbocycles. The number of pyridine rings is 1. The summed E-state index contributed by atoms with van der Waals surface area (Å²) in [6, 6.07) is 6.75. The molecule has 0 atom stereocenters. The van der Waals surface area contributed by atoms with E-state index >= 15 is 4.39 Å². The van der Waals surface area contributed by atoms with Gasteiger partial charge in [-0.2, -0.15) is 0 Å². The van der Waals surface area contributed by atoms with Crippen LogP contribution in [0.15, 0.2) is 42.9 Å². The lowest BCUT2D eigenvalue weighted by Gasteiger charge is -2.30. The molecule has 37 heavy (non-hydrogen) atoms. The number of aromatic nitrogens is 4. The fraction of sp³-hybridized carbons (Fsp3) is 0.280. The Kier molecular flexibility index (Phi) is 6.91. The van der Waals surface area contributed by atoms with Crippen LogP contribution < -0.4 is 15.5 Å². The number of nitrogens with zero attached hydrogens (tertiary/aromatic N) is 5. The number of fused-ring (bicyclic) bond motifs is 1. The van der Waals surface area contributed by atoms with Crippen molar-refractivity contribution in [3.8, 4) is 22.4 Å². The summed E-state index contributed by atoms with van der Waals surface area (Å²) in [6.45, 7) is 3.33. The standard InChI is InChI=1S/C25H24FN7O3S/c1-2-27-24(36)32-25-31-20-19(26)16(11-17(21(20)37-25)18-5-3-4-8-28-18)15-12-29-23(30-13-15)33-9-6-14(7-10-33)22(34)35/h3-5,8,11-14H,2,6-7,9-10H2,1H3,(H,34,35)(H2,27,31,32,36). The number of hydrogen-bond donors (Lipinski definition) is 3. The van der Waals surface area contributed by atoms with Gasteiger partial charge in [-0.05, 0) is 38.0 Å². The number of carbonyl (C=O) groups excluding carboxylic acids is 1. The van der Waals surface area contributed by atoms with E-state index in [4.69, 9.17) is 0 Å². The number of nitrogens with one attached hydrogen (secondary N) is 2. The van der Waals surface area contributed by atoms with E-state index in [9.17, 15) is 14.7 Å². The first-order chi connectivity index (χ1) is 17.9. The van der Waals surface area contributed by atoms with Gasteiger partial charge in [-0.1, -0.05) is 17.4 Å². The summed E-state index contributed by atoms with van der Waals surface area (Å²) in [5, 5.41) is 14.8. The van der Waals surface area contributed by atoms with Crippen molar-refractivity contribution in [1.29, 1.82) is 0 Å². The normalized spacial score (nSPS) is 14.1. The van der Waals surface area contributed by atoms with Gasteiger partial charge in [0, 0.05) is 54.9 Å². The van der Waals surface area contributed by atoms with E-state index in [0.29, 0.717) is 59.9 Å². The molecule has 0 aliphatic carbocycles. The van der Waals surface area contributed by atoms with Crippen molar-refractivity contribution in [3.05, 3.63) is 48.7 Å². The summed E-state index contributed by atoms with van der Waals surface area (Å²) in [6.07, 6.45) is 5.81. The van der Waals surface area contributed by atoms with Crippen molar-refractivity contribution >= 4 is 44.6 Å². The Hall–Kier alpha value is -4.19. The number of carboxylic acids is 1. The van der Waals surface area contributed by atoms with Gasteiger partial charge < -0.3 is 15.3 Å². The number of carboxylic acid groups (broad SMARTS) is 1. The van der Waals surface area contributed by atoms with Gasteiger partial charge in [0.2, 0.25) is 5.95 Å². The van der Waals surface area contributed by atoms with Crippen LogP contribution in [0.5, 0.6) is 0 Å². The minimum absolute atomic E-state index is 0.120. The smallest absolute Gasteiger partial charge is 0.321 e. The molecule has 12 heteroatoms. The first-order valence-corrected chi connectivity index (χ1v) is 12.7. The number of urea groups is 1. The Morgan fingerprint density at radius 2 is 1.92 bits per heavy atom. The SMILES string of the molecule is CCNC(=O)Nc1nc2c(F)c(-c3cnc(N4CCC(C(=O)O)CC4)nc3)cc(-c3ccccn3)c2s1.